The van der Waals surface area contributed by atoms with Crippen LogP contribution in [0.15, 0.2) is 78.9 Å². The van der Waals surface area contributed by atoms with Gasteiger partial charge in [-0.3, -0.25) is 4.79 Å². The van der Waals surface area contributed by atoms with Gasteiger partial charge in [-0.2, -0.15) is 5.26 Å². The molecule has 35 heavy (non-hydrogen) atoms. The number of hydrogen-bond donors (Lipinski definition) is 1. The predicted octanol–water partition coefficient (Wildman–Crippen LogP) is 6.73. The first kappa shape index (κ1) is 25.5. The number of benzene rings is 3. The molecule has 1 N–H and O–H groups in total. The number of anilines is 1. The number of carbonyl (C=O) groups excluding carboxylic acids is 1. The number of allylic oxidation sites excluding steroid dienone is 1. The quantitative estimate of drug-likeness (QED) is 0.194. The highest BCUT2D eigenvalue weighted by Gasteiger charge is 2.15. The normalized spacial score (nSPS) is 10.9. The van der Waals surface area contributed by atoms with E-state index in [1.807, 2.05) is 19.1 Å². The Morgan fingerprint density at radius 2 is 1.86 bits per heavy atom. The van der Waals surface area contributed by atoms with E-state index >= 15 is 0 Å². The van der Waals surface area contributed by atoms with Crippen molar-refractivity contribution in [2.75, 3.05) is 11.9 Å². The van der Waals surface area contributed by atoms with E-state index in [4.69, 9.17) is 21.1 Å². The summed E-state index contributed by atoms with van der Waals surface area (Å²) in [5.74, 6) is 0.128. The number of halogens is 2. The standard InChI is InChI=1S/C28H24ClFN2O3/c1-3-5-21-14-20(15-22(17-31)28(33)32-25-12-8-23(29)9-13-25)16-26(34-4-2)27(21)35-18-19-6-10-24(30)11-7-19/h3,6-16H,1,4-5,18H2,2H3,(H,32,33)/b22-15+. The van der Waals surface area contributed by atoms with E-state index in [9.17, 15) is 14.4 Å². The second-order valence-corrected chi connectivity index (χ2v) is 7.92. The Balaban J connectivity index is 1.91. The zero-order chi connectivity index (χ0) is 25.2. The summed E-state index contributed by atoms with van der Waals surface area (Å²) in [7, 11) is 0. The lowest BCUT2D eigenvalue weighted by molar-refractivity contribution is -0.112. The molecule has 1 amide bonds. The lowest BCUT2D eigenvalue weighted by atomic mass is 10.0. The molecule has 178 valence electrons. The maximum atomic E-state index is 13.2. The molecule has 0 aliphatic carbocycles. The first-order chi connectivity index (χ1) is 16.9. The second-order valence-electron chi connectivity index (χ2n) is 7.48. The van der Waals surface area contributed by atoms with E-state index in [2.05, 4.69) is 11.9 Å². The Hall–Kier alpha value is -4.08. The van der Waals surface area contributed by atoms with Crippen molar-refractivity contribution >= 4 is 29.3 Å². The summed E-state index contributed by atoms with van der Waals surface area (Å²) in [6, 6.07) is 18.1. The van der Waals surface area contributed by atoms with E-state index in [-0.39, 0.29) is 18.0 Å². The average molecular weight is 491 g/mol. The Morgan fingerprint density at radius 1 is 1.14 bits per heavy atom. The summed E-state index contributed by atoms with van der Waals surface area (Å²) < 4.78 is 25.1. The second kappa shape index (κ2) is 12.4. The van der Waals surface area contributed by atoms with Crippen molar-refractivity contribution in [2.45, 2.75) is 20.0 Å². The van der Waals surface area contributed by atoms with Crippen molar-refractivity contribution in [3.63, 3.8) is 0 Å². The Bertz CT molecular complexity index is 1260. The molecule has 0 bridgehead atoms. The predicted molar refractivity (Wildman–Crippen MR) is 136 cm³/mol. The molecular formula is C28H24ClFN2O3. The number of amides is 1. The third kappa shape index (κ3) is 7.20. The first-order valence-corrected chi connectivity index (χ1v) is 11.3. The molecule has 3 aromatic rings. The van der Waals surface area contributed by atoms with Crippen molar-refractivity contribution in [3.8, 4) is 17.6 Å². The maximum Gasteiger partial charge on any atom is 0.266 e. The third-order valence-corrected chi connectivity index (χ3v) is 5.14. The zero-order valence-corrected chi connectivity index (χ0v) is 19.9. The molecule has 0 spiro atoms. The smallest absolute Gasteiger partial charge is 0.266 e. The van der Waals surface area contributed by atoms with Crippen LogP contribution in [0.2, 0.25) is 5.02 Å². The van der Waals surface area contributed by atoms with E-state index in [1.165, 1.54) is 18.2 Å². The lowest BCUT2D eigenvalue weighted by Gasteiger charge is -2.17. The molecule has 0 saturated heterocycles. The number of hydrogen-bond acceptors (Lipinski definition) is 4. The van der Waals surface area contributed by atoms with Gasteiger partial charge in [0.15, 0.2) is 11.5 Å². The van der Waals surface area contributed by atoms with Crippen LogP contribution in [0, 0.1) is 17.1 Å². The van der Waals surface area contributed by atoms with Gasteiger partial charge < -0.3 is 14.8 Å². The highest BCUT2D eigenvalue weighted by molar-refractivity contribution is 6.30. The van der Waals surface area contributed by atoms with Crippen LogP contribution in [0.5, 0.6) is 11.5 Å². The van der Waals surface area contributed by atoms with E-state index < -0.39 is 5.91 Å². The summed E-state index contributed by atoms with van der Waals surface area (Å²) in [6.45, 7) is 6.26. The number of nitrogens with zero attached hydrogens (tertiary/aromatic N) is 1. The average Bonchev–Trinajstić information content (AvgIpc) is 2.85. The molecule has 5 nitrogen and oxygen atoms in total. The number of ether oxygens (including phenoxy) is 2. The van der Waals surface area contributed by atoms with E-state index in [1.54, 1.807) is 48.5 Å². The Morgan fingerprint density at radius 3 is 2.49 bits per heavy atom. The molecular weight excluding hydrogens is 467 g/mol. The van der Waals surface area contributed by atoms with Crippen LogP contribution in [0.3, 0.4) is 0 Å². The summed E-state index contributed by atoms with van der Waals surface area (Å²) in [5.41, 5.74) is 2.62. The largest absolute Gasteiger partial charge is 0.490 e. The molecule has 0 aliphatic heterocycles. The number of nitriles is 1. The number of carbonyl (C=O) groups is 1. The minimum Gasteiger partial charge on any atom is -0.490 e. The summed E-state index contributed by atoms with van der Waals surface area (Å²) in [4.78, 5) is 12.7. The van der Waals surface area contributed by atoms with Gasteiger partial charge in [0.25, 0.3) is 5.91 Å². The van der Waals surface area contributed by atoms with Crippen molar-refractivity contribution in [2.24, 2.45) is 0 Å². The highest BCUT2D eigenvalue weighted by atomic mass is 35.5. The van der Waals surface area contributed by atoms with Gasteiger partial charge in [-0.05, 0) is 79.1 Å². The van der Waals surface area contributed by atoms with Crippen LogP contribution in [0.25, 0.3) is 6.08 Å². The fraction of sp³-hybridized carbons (Fsp3) is 0.143. The molecule has 7 heteroatoms. The number of rotatable bonds is 10. The van der Waals surface area contributed by atoms with Gasteiger partial charge >= 0.3 is 0 Å². The van der Waals surface area contributed by atoms with Crippen LogP contribution >= 0.6 is 11.6 Å². The van der Waals surface area contributed by atoms with E-state index in [0.29, 0.717) is 40.8 Å². The van der Waals surface area contributed by atoms with Gasteiger partial charge in [-0.1, -0.05) is 29.8 Å². The van der Waals surface area contributed by atoms with Crippen molar-refractivity contribution < 1.29 is 18.7 Å². The minimum atomic E-state index is -0.547. The molecule has 0 radical (unpaired) electrons. The molecule has 0 fully saturated rings. The Kier molecular flexibility index (Phi) is 9.05. The van der Waals surface area contributed by atoms with Crippen molar-refractivity contribution in [3.05, 3.63) is 106 Å². The maximum absolute atomic E-state index is 13.2. The third-order valence-electron chi connectivity index (χ3n) is 4.89. The summed E-state index contributed by atoms with van der Waals surface area (Å²) in [5, 5.41) is 12.8. The van der Waals surface area contributed by atoms with Crippen molar-refractivity contribution in [1.82, 2.24) is 0 Å². The number of nitrogens with one attached hydrogen (secondary N) is 1. The first-order valence-electron chi connectivity index (χ1n) is 10.9. The summed E-state index contributed by atoms with van der Waals surface area (Å²) >= 11 is 5.88. The molecule has 0 unspecified atom stereocenters. The molecule has 0 atom stereocenters. The topological polar surface area (TPSA) is 71.4 Å². The fourth-order valence-electron chi connectivity index (χ4n) is 3.28. The summed E-state index contributed by atoms with van der Waals surface area (Å²) in [6.07, 6.45) is 3.69. The van der Waals surface area contributed by atoms with Crippen LogP contribution < -0.4 is 14.8 Å². The van der Waals surface area contributed by atoms with Crippen LogP contribution in [-0.4, -0.2) is 12.5 Å². The molecule has 3 aromatic carbocycles. The van der Waals surface area contributed by atoms with Gasteiger partial charge in [-0.25, -0.2) is 4.39 Å². The van der Waals surface area contributed by atoms with E-state index in [0.717, 1.165) is 11.1 Å². The Labute approximate surface area is 209 Å². The van der Waals surface area contributed by atoms with Crippen LogP contribution in [-0.2, 0) is 17.8 Å². The zero-order valence-electron chi connectivity index (χ0n) is 19.2. The molecule has 0 saturated carbocycles. The van der Waals surface area contributed by atoms with Crippen LogP contribution in [0.4, 0.5) is 10.1 Å². The van der Waals surface area contributed by atoms with Crippen LogP contribution in [0.1, 0.15) is 23.6 Å². The SMILES string of the molecule is C=CCc1cc(/C=C(\C#N)C(=O)Nc2ccc(Cl)cc2)cc(OCC)c1OCc1ccc(F)cc1. The monoisotopic (exact) mass is 490 g/mol. The van der Waals surface area contributed by atoms with Gasteiger partial charge in [-0.15, -0.1) is 6.58 Å². The molecule has 0 aromatic heterocycles. The van der Waals surface area contributed by atoms with Gasteiger partial charge in [0.2, 0.25) is 0 Å². The van der Waals surface area contributed by atoms with Gasteiger partial charge in [0, 0.05) is 16.3 Å². The minimum absolute atomic E-state index is 0.0769. The van der Waals surface area contributed by atoms with Gasteiger partial charge in [0.05, 0.1) is 6.61 Å². The molecule has 0 aliphatic rings. The molecule has 0 heterocycles. The lowest BCUT2D eigenvalue weighted by Crippen LogP contribution is -2.13. The highest BCUT2D eigenvalue weighted by Crippen LogP contribution is 2.35. The molecule has 3 rings (SSSR count). The fourth-order valence-corrected chi connectivity index (χ4v) is 3.41. The van der Waals surface area contributed by atoms with Gasteiger partial charge in [0.1, 0.15) is 24.1 Å². The van der Waals surface area contributed by atoms with Crippen molar-refractivity contribution in [1.29, 1.82) is 5.26 Å².